The third kappa shape index (κ3) is 7.20. The Morgan fingerprint density at radius 3 is 1.25 bits per heavy atom. The van der Waals surface area contributed by atoms with Crippen molar-refractivity contribution in [2.75, 3.05) is 13.1 Å². The average molecular weight is 524 g/mol. The van der Waals surface area contributed by atoms with Crippen LogP contribution in [0.2, 0.25) is 0 Å². The standard InChI is InChI=1S/C26H40N3.2ClH.Co/c1-5-19-11-9-12-20(6-2)25(19)23(27)15-17-29-18-16-24(28)26-21(7-3)13-10-14-22(26)8-4;;;/h9-14,23-24H,5-8,15-18,27-28H2,1-4H3;2*1H;/q-1;;;+3/p-2. The van der Waals surface area contributed by atoms with Gasteiger partial charge in [0.25, 0.3) is 0 Å². The van der Waals surface area contributed by atoms with Gasteiger partial charge in [-0.3, -0.25) is 0 Å². The van der Waals surface area contributed by atoms with Crippen LogP contribution in [0.15, 0.2) is 36.4 Å². The first-order valence-corrected chi connectivity index (χ1v) is 15.2. The minimum absolute atomic E-state index is 0.0207. The minimum atomic E-state index is -1.22. The zero-order valence-electron chi connectivity index (χ0n) is 20.0. The molecule has 0 heterocycles. The van der Waals surface area contributed by atoms with Crippen molar-refractivity contribution in [3.05, 3.63) is 69.8 Å². The van der Waals surface area contributed by atoms with Crippen LogP contribution in [0.4, 0.5) is 0 Å². The fraction of sp³-hybridized carbons (Fsp3) is 0.538. The molecular weight excluding hydrogens is 484 g/mol. The molecule has 2 atom stereocenters. The van der Waals surface area contributed by atoms with Gasteiger partial charge in [-0.05, 0) is 0 Å². The number of nitrogens with zero attached hydrogens (tertiary/aromatic N) is 1. The number of rotatable bonds is 13. The van der Waals surface area contributed by atoms with Crippen molar-refractivity contribution in [1.29, 1.82) is 0 Å². The van der Waals surface area contributed by atoms with Crippen LogP contribution >= 0.6 is 20.3 Å². The van der Waals surface area contributed by atoms with Crippen molar-refractivity contribution in [3.63, 3.8) is 0 Å². The first-order chi connectivity index (χ1) is 15.4. The number of hydrogen-bond acceptors (Lipinski definition) is 3. The van der Waals surface area contributed by atoms with Crippen molar-refractivity contribution >= 4 is 20.3 Å². The molecule has 0 spiro atoms. The van der Waals surface area contributed by atoms with Crippen LogP contribution in [0.5, 0.6) is 0 Å². The van der Waals surface area contributed by atoms with E-state index >= 15 is 0 Å². The second kappa shape index (κ2) is 14.0. The van der Waals surface area contributed by atoms with Gasteiger partial charge in [0.2, 0.25) is 0 Å². The molecule has 32 heavy (non-hydrogen) atoms. The van der Waals surface area contributed by atoms with E-state index in [2.05, 4.69) is 68.0 Å². The van der Waals surface area contributed by atoms with E-state index in [4.69, 9.17) is 31.8 Å². The monoisotopic (exact) mass is 523 g/mol. The Bertz CT molecular complexity index is 734. The average Bonchev–Trinajstić information content (AvgIpc) is 2.81. The first kappa shape index (κ1) is 27.6. The molecule has 6 heteroatoms. The molecule has 2 aromatic rings. The number of nitrogens with two attached hydrogens (primary N) is 2. The molecule has 2 rings (SSSR count). The van der Waals surface area contributed by atoms with Crippen LogP contribution < -0.4 is 11.5 Å². The second-order valence-electron chi connectivity index (χ2n) is 8.23. The summed E-state index contributed by atoms with van der Waals surface area (Å²) in [6.45, 7) is 10.3. The van der Waals surface area contributed by atoms with Gasteiger partial charge in [0, 0.05) is 0 Å². The fourth-order valence-electron chi connectivity index (χ4n) is 4.58. The first-order valence-electron chi connectivity index (χ1n) is 11.8. The maximum absolute atomic E-state index is 6.69. The van der Waals surface area contributed by atoms with E-state index < -0.39 is 12.1 Å². The summed E-state index contributed by atoms with van der Waals surface area (Å²) in [4.78, 5) is 0. The molecule has 0 aliphatic rings. The SMILES string of the molecule is CCc1cccc(CC)c1C(N)CC[N](CCC(N)c1c(CC)cccc1CC)[Co]([Cl])[Cl]. The Hall–Kier alpha value is -0.594. The Kier molecular flexibility index (Phi) is 12.1. The molecule has 0 saturated carbocycles. The third-order valence-electron chi connectivity index (χ3n) is 6.34. The predicted octanol–water partition coefficient (Wildman–Crippen LogP) is 6.56. The van der Waals surface area contributed by atoms with Crippen molar-refractivity contribution < 1.29 is 12.1 Å². The summed E-state index contributed by atoms with van der Waals surface area (Å²) in [5.74, 6) is 0. The van der Waals surface area contributed by atoms with Gasteiger partial charge in [0.15, 0.2) is 0 Å². The zero-order valence-corrected chi connectivity index (χ0v) is 22.5. The molecule has 182 valence electrons. The van der Waals surface area contributed by atoms with E-state index in [1.54, 1.807) is 0 Å². The molecule has 0 fully saturated rings. The number of hydrogen-bond donors (Lipinski definition) is 2. The van der Waals surface area contributed by atoms with E-state index in [1.807, 2.05) is 0 Å². The summed E-state index contributed by atoms with van der Waals surface area (Å²) in [5.41, 5.74) is 21.3. The molecule has 0 radical (unpaired) electrons. The summed E-state index contributed by atoms with van der Waals surface area (Å²) >= 11 is -1.22. The molecule has 0 bridgehead atoms. The van der Waals surface area contributed by atoms with Crippen LogP contribution in [0, 0.1) is 0 Å². The van der Waals surface area contributed by atoms with Gasteiger partial charge in [-0.15, -0.1) is 0 Å². The fourth-order valence-corrected chi connectivity index (χ4v) is 6.13. The molecule has 3 nitrogen and oxygen atoms in total. The number of halogens is 2. The van der Waals surface area contributed by atoms with Crippen molar-refractivity contribution in [2.45, 2.75) is 78.3 Å². The summed E-state index contributed by atoms with van der Waals surface area (Å²) in [5, 5.41) is 0. The molecule has 0 aliphatic carbocycles. The van der Waals surface area contributed by atoms with Gasteiger partial charge >= 0.3 is 209 Å². The van der Waals surface area contributed by atoms with E-state index in [0.29, 0.717) is 0 Å². The van der Waals surface area contributed by atoms with Gasteiger partial charge in [0.1, 0.15) is 0 Å². The van der Waals surface area contributed by atoms with Gasteiger partial charge in [-0.1, -0.05) is 0 Å². The normalized spacial score (nSPS) is 14.0. The number of aryl methyl sites for hydroxylation is 4. The Labute approximate surface area is 208 Å². The summed E-state index contributed by atoms with van der Waals surface area (Å²) in [6, 6.07) is 13.0. The second-order valence-corrected chi connectivity index (χ2v) is 11.9. The van der Waals surface area contributed by atoms with Crippen LogP contribution in [0.25, 0.3) is 0 Å². The van der Waals surface area contributed by atoms with Gasteiger partial charge in [0.05, 0.1) is 0 Å². The molecule has 0 aliphatic heterocycles. The third-order valence-corrected chi connectivity index (χ3v) is 8.62. The molecule has 0 saturated heterocycles. The molecular formula is C26H40Cl2CoN3. The Balaban J connectivity index is 2.07. The van der Waals surface area contributed by atoms with Gasteiger partial charge < -0.3 is 0 Å². The van der Waals surface area contributed by atoms with E-state index in [-0.39, 0.29) is 12.1 Å². The van der Waals surface area contributed by atoms with Crippen molar-refractivity contribution in [1.82, 2.24) is 3.95 Å². The Morgan fingerprint density at radius 2 is 1.00 bits per heavy atom. The van der Waals surface area contributed by atoms with Crippen LogP contribution in [-0.2, 0) is 37.8 Å². The van der Waals surface area contributed by atoms with E-state index in [1.165, 1.54) is 33.4 Å². The summed E-state index contributed by atoms with van der Waals surface area (Å²) in [7, 11) is 12.8. The maximum atomic E-state index is 6.69. The van der Waals surface area contributed by atoms with E-state index in [9.17, 15) is 0 Å². The van der Waals surface area contributed by atoms with Crippen LogP contribution in [0.1, 0.15) is 86.0 Å². The quantitative estimate of drug-likeness (QED) is 0.312. The Morgan fingerprint density at radius 1 is 0.688 bits per heavy atom. The molecule has 4 N–H and O–H groups in total. The van der Waals surface area contributed by atoms with Crippen LogP contribution in [-0.4, -0.2) is 17.0 Å². The summed E-state index contributed by atoms with van der Waals surface area (Å²) in [6.07, 6.45) is 5.60. The summed E-state index contributed by atoms with van der Waals surface area (Å²) < 4.78 is 2.15. The predicted molar refractivity (Wildman–Crippen MR) is 137 cm³/mol. The molecule has 0 amide bonds. The number of benzene rings is 2. The zero-order chi connectivity index (χ0) is 23.7. The molecule has 2 aromatic carbocycles. The van der Waals surface area contributed by atoms with Gasteiger partial charge in [-0.2, -0.15) is 0 Å². The molecule has 0 aromatic heterocycles. The molecule has 2 unspecified atom stereocenters. The topological polar surface area (TPSA) is 55.3 Å². The van der Waals surface area contributed by atoms with Gasteiger partial charge in [-0.25, -0.2) is 0 Å². The van der Waals surface area contributed by atoms with Crippen molar-refractivity contribution in [3.8, 4) is 0 Å². The van der Waals surface area contributed by atoms with E-state index in [0.717, 1.165) is 51.6 Å². The van der Waals surface area contributed by atoms with Crippen molar-refractivity contribution in [2.24, 2.45) is 11.5 Å². The van der Waals surface area contributed by atoms with Crippen LogP contribution in [0.3, 0.4) is 0 Å².